The molecular formula is C7H20NPSi2. The summed E-state index contributed by atoms with van der Waals surface area (Å²) in [5.41, 5.74) is 0. The van der Waals surface area contributed by atoms with Gasteiger partial charge in [-0.05, 0) is 8.35 Å². The highest BCUT2D eigenvalue weighted by Crippen LogP contribution is 2.26. The first kappa shape index (κ1) is 11.6. The van der Waals surface area contributed by atoms with Crippen molar-refractivity contribution in [2.45, 2.75) is 39.3 Å². The van der Waals surface area contributed by atoms with Gasteiger partial charge in [0.05, 0.1) is 0 Å². The summed E-state index contributed by atoms with van der Waals surface area (Å²) in [6, 6.07) is 0. The van der Waals surface area contributed by atoms with E-state index in [1.165, 1.54) is 8.35 Å². The third-order valence-electron chi connectivity index (χ3n) is 1.41. The van der Waals surface area contributed by atoms with Crippen molar-refractivity contribution in [3.8, 4) is 0 Å². The molecule has 0 atom stereocenters. The minimum atomic E-state index is -1.10. The Kier molecular flexibility index (Phi) is 3.70. The van der Waals surface area contributed by atoms with E-state index in [9.17, 15) is 0 Å². The van der Waals surface area contributed by atoms with E-state index in [0.717, 1.165) is 0 Å². The summed E-state index contributed by atoms with van der Waals surface area (Å²) in [6.07, 6.45) is 3.99. The van der Waals surface area contributed by atoms with Gasteiger partial charge < -0.3 is 4.00 Å². The molecule has 0 rings (SSSR count). The fraction of sp³-hybridized carbons (Fsp3) is 0.857. The first-order chi connectivity index (χ1) is 4.69. The van der Waals surface area contributed by atoms with Crippen LogP contribution >= 0.6 is 8.35 Å². The Bertz CT molecular complexity index is 132. The normalized spacial score (nSPS) is 14.5. The van der Waals surface area contributed by atoms with Crippen LogP contribution in [0, 0.1) is 0 Å². The van der Waals surface area contributed by atoms with Crippen LogP contribution < -0.4 is 0 Å². The molecule has 0 saturated carbocycles. The average molecular weight is 205 g/mol. The van der Waals surface area contributed by atoms with Gasteiger partial charge in [-0.1, -0.05) is 45.6 Å². The van der Waals surface area contributed by atoms with E-state index in [2.05, 4.69) is 49.6 Å². The van der Waals surface area contributed by atoms with Gasteiger partial charge >= 0.3 is 0 Å². The lowest BCUT2D eigenvalue weighted by Crippen LogP contribution is -2.53. The zero-order chi connectivity index (χ0) is 9.28. The molecule has 0 aromatic carbocycles. The van der Waals surface area contributed by atoms with Crippen LogP contribution in [0.15, 0.2) is 0 Å². The molecule has 4 heteroatoms. The van der Waals surface area contributed by atoms with Crippen molar-refractivity contribution in [1.29, 1.82) is 0 Å². The van der Waals surface area contributed by atoms with Crippen LogP contribution in [0.3, 0.4) is 0 Å². The minimum Gasteiger partial charge on any atom is -0.300 e. The molecule has 0 aliphatic carbocycles. The van der Waals surface area contributed by atoms with Gasteiger partial charge in [0.15, 0.2) is 0 Å². The van der Waals surface area contributed by atoms with Crippen LogP contribution in [-0.2, 0) is 0 Å². The summed E-state index contributed by atoms with van der Waals surface area (Å²) < 4.78 is 2.64. The summed E-state index contributed by atoms with van der Waals surface area (Å²) in [5.74, 6) is 0. The Hall–Kier alpha value is 0.564. The quantitative estimate of drug-likeness (QED) is 0.505. The van der Waals surface area contributed by atoms with E-state index in [1.807, 2.05) is 0 Å². The van der Waals surface area contributed by atoms with Gasteiger partial charge in [-0.2, -0.15) is 0 Å². The van der Waals surface area contributed by atoms with Gasteiger partial charge in [0.25, 0.3) is 0 Å². The number of hydrogen-bond acceptors (Lipinski definition) is 1. The molecule has 11 heavy (non-hydrogen) atoms. The van der Waals surface area contributed by atoms with Crippen LogP contribution in [0.5, 0.6) is 0 Å². The topological polar surface area (TPSA) is 3.24 Å². The predicted molar refractivity (Wildman–Crippen MR) is 62.6 cm³/mol. The highest BCUT2D eigenvalue weighted by molar-refractivity contribution is 7.41. The van der Waals surface area contributed by atoms with E-state index >= 15 is 0 Å². The average Bonchev–Trinajstić information content (AvgIpc) is 1.56. The Labute approximate surface area is 74.8 Å². The molecule has 0 radical (unpaired) electrons. The summed E-state index contributed by atoms with van der Waals surface area (Å²) >= 11 is 0. The fourth-order valence-electron chi connectivity index (χ4n) is 1.43. The van der Waals surface area contributed by atoms with Crippen LogP contribution in [0.25, 0.3) is 0 Å². The first-order valence-electron chi connectivity index (χ1n) is 3.96. The number of hydrogen-bond donors (Lipinski definition) is 0. The third kappa shape index (κ3) is 3.65. The van der Waals surface area contributed by atoms with Crippen LogP contribution in [0.2, 0.25) is 39.3 Å². The van der Waals surface area contributed by atoms with Crippen LogP contribution in [-0.4, -0.2) is 26.8 Å². The lowest BCUT2D eigenvalue weighted by atomic mass is 11.8. The van der Waals surface area contributed by atoms with E-state index in [4.69, 9.17) is 0 Å². The van der Waals surface area contributed by atoms with E-state index in [1.54, 1.807) is 0 Å². The number of nitrogens with zero attached hydrogens (tertiary/aromatic N) is 1. The van der Waals surface area contributed by atoms with Crippen molar-refractivity contribution in [2.75, 3.05) is 0 Å². The molecule has 0 saturated heterocycles. The van der Waals surface area contributed by atoms with E-state index < -0.39 is 16.5 Å². The second-order valence-corrected chi connectivity index (χ2v) is 16.3. The second kappa shape index (κ2) is 3.52. The van der Waals surface area contributed by atoms with Crippen LogP contribution in [0.1, 0.15) is 0 Å². The predicted octanol–water partition coefficient (Wildman–Crippen LogP) is 3.25. The van der Waals surface area contributed by atoms with Gasteiger partial charge in [0, 0.05) is 0 Å². The van der Waals surface area contributed by atoms with Crippen molar-refractivity contribution < 1.29 is 0 Å². The summed E-state index contributed by atoms with van der Waals surface area (Å²) in [6.45, 7) is 14.4. The highest BCUT2D eigenvalue weighted by atomic mass is 31.1. The molecule has 0 heterocycles. The van der Waals surface area contributed by atoms with E-state index in [0.29, 0.717) is 0 Å². The Morgan fingerprint density at radius 2 is 1.18 bits per heavy atom. The monoisotopic (exact) mass is 205 g/mol. The lowest BCUT2D eigenvalue weighted by molar-refractivity contribution is 0.999. The number of rotatable bonds is 3. The van der Waals surface area contributed by atoms with Gasteiger partial charge in [0.1, 0.15) is 16.5 Å². The SMILES string of the molecule is C=PN([Si](C)(C)C)[Si](C)(C)C. The molecule has 0 bridgehead atoms. The van der Waals surface area contributed by atoms with Crippen molar-refractivity contribution >= 4 is 31.1 Å². The standard InChI is InChI=1S/C7H20NPSi2/c1-9-8(10(2,3)4)11(5,6)7/h1H2,2-7H3. The van der Waals surface area contributed by atoms with Gasteiger partial charge in [-0.25, -0.2) is 0 Å². The smallest absolute Gasteiger partial charge is 0.120 e. The van der Waals surface area contributed by atoms with Gasteiger partial charge in [0.2, 0.25) is 0 Å². The zero-order valence-electron chi connectivity index (χ0n) is 8.60. The molecule has 1 nitrogen and oxygen atoms in total. The molecule has 0 aromatic heterocycles. The maximum Gasteiger partial charge on any atom is 0.120 e. The largest absolute Gasteiger partial charge is 0.300 e. The summed E-state index contributed by atoms with van der Waals surface area (Å²) in [5, 5.41) is 0. The van der Waals surface area contributed by atoms with Crippen molar-refractivity contribution in [3.05, 3.63) is 0 Å². The minimum absolute atomic E-state index is 1.10. The maximum atomic E-state index is 3.99. The summed E-state index contributed by atoms with van der Waals surface area (Å²) in [4.78, 5) is 0. The lowest BCUT2D eigenvalue weighted by Gasteiger charge is -2.39. The Morgan fingerprint density at radius 3 is 1.18 bits per heavy atom. The molecule has 66 valence electrons. The summed E-state index contributed by atoms with van der Waals surface area (Å²) in [7, 11) is -0.979. The Morgan fingerprint density at radius 1 is 0.909 bits per heavy atom. The van der Waals surface area contributed by atoms with Crippen molar-refractivity contribution in [1.82, 2.24) is 4.00 Å². The maximum absolute atomic E-state index is 3.99. The van der Waals surface area contributed by atoms with Crippen molar-refractivity contribution in [3.63, 3.8) is 0 Å². The first-order valence-corrected chi connectivity index (χ1v) is 11.9. The molecule has 0 spiro atoms. The van der Waals surface area contributed by atoms with Crippen LogP contribution in [0.4, 0.5) is 0 Å². The van der Waals surface area contributed by atoms with Gasteiger partial charge in [-0.15, -0.1) is 0 Å². The molecule has 0 amide bonds. The third-order valence-corrected chi connectivity index (χ3v) is 12.7. The Balaban J connectivity index is 4.56. The molecular weight excluding hydrogens is 185 g/mol. The molecule has 0 unspecified atom stereocenters. The zero-order valence-corrected chi connectivity index (χ0v) is 11.5. The fourth-order valence-corrected chi connectivity index (χ4v) is 12.9. The molecule has 0 N–H and O–H groups in total. The van der Waals surface area contributed by atoms with Crippen molar-refractivity contribution in [2.24, 2.45) is 0 Å². The molecule has 0 fully saturated rings. The molecule has 0 aromatic rings. The van der Waals surface area contributed by atoms with E-state index in [-0.39, 0.29) is 0 Å². The second-order valence-electron chi connectivity index (χ2n) is 4.79. The van der Waals surface area contributed by atoms with Gasteiger partial charge in [-0.3, -0.25) is 0 Å². The molecule has 0 aliphatic rings. The highest BCUT2D eigenvalue weighted by Gasteiger charge is 2.32. The molecule has 0 aliphatic heterocycles.